The van der Waals surface area contributed by atoms with E-state index < -0.39 is 23.4 Å². The van der Waals surface area contributed by atoms with Crippen LogP contribution in [0.15, 0.2) is 43.3 Å². The van der Waals surface area contributed by atoms with Gasteiger partial charge in [0.25, 0.3) is 5.91 Å². The lowest BCUT2D eigenvalue weighted by atomic mass is 10.1. The minimum atomic E-state index is -0.810. The van der Waals surface area contributed by atoms with Gasteiger partial charge in [-0.1, -0.05) is 29.5 Å². The van der Waals surface area contributed by atoms with Crippen LogP contribution in [0, 0.1) is 26.2 Å². The van der Waals surface area contributed by atoms with Crippen molar-refractivity contribution in [2.24, 2.45) is 9.98 Å². The maximum absolute atomic E-state index is 12.3. The molecule has 1 aromatic heterocycles. The number of carbonyl (C=O) groups excluding carboxylic acids is 3. The number of halogens is 1. The van der Waals surface area contributed by atoms with Gasteiger partial charge in [-0.3, -0.25) is 25.1 Å². The van der Waals surface area contributed by atoms with Crippen molar-refractivity contribution in [1.29, 1.82) is 5.41 Å². The predicted molar refractivity (Wildman–Crippen MR) is 123 cm³/mol. The van der Waals surface area contributed by atoms with E-state index in [1.165, 1.54) is 12.1 Å². The molecule has 3 rings (SSSR count). The largest absolute Gasteiger partial charge is 0.444 e. The first kappa shape index (κ1) is 22.6. The number of furan rings is 1. The van der Waals surface area contributed by atoms with Crippen molar-refractivity contribution in [2.75, 3.05) is 11.1 Å². The number of hydrogen-bond donors (Lipinski definition) is 3. The average Bonchev–Trinajstić information content (AvgIpc) is 3.12. The highest BCUT2D eigenvalue weighted by Gasteiger charge is 2.27. The number of aryl methyl sites for hydroxylation is 3. The first-order valence-electron chi connectivity index (χ1n) is 9.02. The van der Waals surface area contributed by atoms with Crippen LogP contribution in [0.4, 0.5) is 5.69 Å². The Bertz CT molecular complexity index is 1150. The zero-order valence-corrected chi connectivity index (χ0v) is 19.2. The van der Waals surface area contributed by atoms with Crippen molar-refractivity contribution in [3.8, 4) is 0 Å². The summed E-state index contributed by atoms with van der Waals surface area (Å²) in [6, 6.07) is 6.86. The molecule has 11 heteroatoms. The fourth-order valence-corrected chi connectivity index (χ4v) is 3.86. The van der Waals surface area contributed by atoms with E-state index in [1.807, 2.05) is 32.9 Å². The van der Waals surface area contributed by atoms with E-state index in [2.05, 4.69) is 36.5 Å². The van der Waals surface area contributed by atoms with E-state index in [-0.39, 0.29) is 22.6 Å². The van der Waals surface area contributed by atoms with Crippen LogP contribution in [0.2, 0.25) is 0 Å². The third-order valence-electron chi connectivity index (χ3n) is 4.15. The van der Waals surface area contributed by atoms with Crippen molar-refractivity contribution < 1.29 is 18.8 Å². The highest BCUT2D eigenvalue weighted by molar-refractivity contribution is 9.10. The Morgan fingerprint density at radius 2 is 1.94 bits per heavy atom. The maximum atomic E-state index is 12.3. The molecule has 0 atom stereocenters. The molecule has 31 heavy (non-hydrogen) atoms. The molecule has 160 valence electrons. The molecule has 3 N–H and O–H groups in total. The number of anilines is 1. The number of aliphatic imine (C=N–C) groups is 2. The van der Waals surface area contributed by atoms with Gasteiger partial charge in [0.2, 0.25) is 5.91 Å². The molecule has 2 aromatic rings. The van der Waals surface area contributed by atoms with Crippen LogP contribution in [0.5, 0.6) is 0 Å². The molecule has 1 aliphatic rings. The Labute approximate surface area is 190 Å². The molecular formula is C20H18BrN5O4S. The van der Waals surface area contributed by atoms with Gasteiger partial charge in [0.05, 0.1) is 5.75 Å². The Morgan fingerprint density at radius 1 is 1.26 bits per heavy atom. The minimum Gasteiger partial charge on any atom is -0.444 e. The summed E-state index contributed by atoms with van der Waals surface area (Å²) in [6.07, 6.45) is 0. The van der Waals surface area contributed by atoms with Gasteiger partial charge in [-0.25, -0.2) is 4.99 Å². The van der Waals surface area contributed by atoms with Gasteiger partial charge >= 0.3 is 5.91 Å². The Hall–Kier alpha value is -3.05. The van der Waals surface area contributed by atoms with Crippen molar-refractivity contribution in [3.05, 3.63) is 51.4 Å². The van der Waals surface area contributed by atoms with Crippen LogP contribution >= 0.6 is 27.7 Å². The fourth-order valence-electron chi connectivity index (χ4n) is 2.89. The number of rotatable bonds is 4. The third kappa shape index (κ3) is 5.56. The van der Waals surface area contributed by atoms with Crippen molar-refractivity contribution >= 4 is 67.8 Å². The summed E-state index contributed by atoms with van der Waals surface area (Å²) in [5.41, 5.74) is 3.33. The summed E-state index contributed by atoms with van der Waals surface area (Å²) in [5, 5.41) is 13.3. The number of hydrogen-bond acceptors (Lipinski definition) is 6. The lowest BCUT2D eigenvalue weighted by Crippen LogP contribution is -2.43. The van der Waals surface area contributed by atoms with Gasteiger partial charge in [-0.15, -0.1) is 0 Å². The van der Waals surface area contributed by atoms with Crippen LogP contribution in [-0.4, -0.2) is 40.2 Å². The summed E-state index contributed by atoms with van der Waals surface area (Å²) >= 11 is 4.04. The number of carbonyl (C=O) groups is 3. The Kier molecular flexibility index (Phi) is 6.86. The molecule has 9 nitrogen and oxygen atoms in total. The molecule has 0 bridgehead atoms. The summed E-state index contributed by atoms with van der Waals surface area (Å²) in [4.78, 5) is 44.2. The molecule has 1 aliphatic heterocycles. The first-order valence-corrected chi connectivity index (χ1v) is 10.8. The minimum absolute atomic E-state index is 0.0228. The van der Waals surface area contributed by atoms with Crippen LogP contribution in [0.3, 0.4) is 0 Å². The average molecular weight is 504 g/mol. The Balaban J connectivity index is 1.64. The second kappa shape index (κ2) is 9.40. The van der Waals surface area contributed by atoms with E-state index in [9.17, 15) is 14.4 Å². The summed E-state index contributed by atoms with van der Waals surface area (Å²) < 4.78 is 5.43. The standard InChI is InChI=1S/C20H18BrN5O4S/c1-9-6-10(2)15(11(3)7-9)23-14(27)8-31-20-25-17(22)16(19(29)26-20)24-18(28)12-4-5-13(21)30-12/h4-7H,8H2,1-3H3,(H,23,27)(H2,22,25,26,29). The molecule has 2 heterocycles. The normalized spacial score (nSPS) is 15.0. The molecule has 0 radical (unpaired) electrons. The number of nitrogens with zero attached hydrogens (tertiary/aromatic N) is 2. The zero-order valence-electron chi connectivity index (χ0n) is 16.8. The molecule has 0 saturated carbocycles. The molecule has 0 unspecified atom stereocenters. The highest BCUT2D eigenvalue weighted by atomic mass is 79.9. The lowest BCUT2D eigenvalue weighted by Gasteiger charge is -2.15. The van der Waals surface area contributed by atoms with Gasteiger partial charge in [-0.2, -0.15) is 4.99 Å². The van der Waals surface area contributed by atoms with Crippen LogP contribution in [0.25, 0.3) is 0 Å². The second-order valence-electron chi connectivity index (χ2n) is 6.70. The van der Waals surface area contributed by atoms with Crippen molar-refractivity contribution in [2.45, 2.75) is 20.8 Å². The SMILES string of the molecule is Cc1cc(C)c(NC(=O)CSC2=NC(=N)C(=NC(=O)c3ccc(Br)o3)C(=O)N2)c(C)c1. The fraction of sp³-hybridized carbons (Fsp3) is 0.200. The maximum Gasteiger partial charge on any atom is 0.313 e. The van der Waals surface area contributed by atoms with E-state index in [1.54, 1.807) is 0 Å². The summed E-state index contributed by atoms with van der Waals surface area (Å²) in [5.74, 6) is -2.42. The van der Waals surface area contributed by atoms with Gasteiger partial charge in [0.1, 0.15) is 0 Å². The summed E-state index contributed by atoms with van der Waals surface area (Å²) in [7, 11) is 0. The van der Waals surface area contributed by atoms with E-state index in [0.29, 0.717) is 4.67 Å². The van der Waals surface area contributed by atoms with E-state index in [0.717, 1.165) is 34.1 Å². The second-order valence-corrected chi connectivity index (χ2v) is 8.45. The highest BCUT2D eigenvalue weighted by Crippen LogP contribution is 2.22. The lowest BCUT2D eigenvalue weighted by molar-refractivity contribution is -0.114. The molecule has 0 saturated heterocycles. The van der Waals surface area contributed by atoms with Gasteiger partial charge in [0, 0.05) is 5.69 Å². The molecular weight excluding hydrogens is 486 g/mol. The first-order chi connectivity index (χ1) is 14.6. The quantitative estimate of drug-likeness (QED) is 0.586. The monoisotopic (exact) mass is 503 g/mol. The number of amides is 3. The van der Waals surface area contributed by atoms with Gasteiger partial charge in [-0.05, 0) is 60.0 Å². The van der Waals surface area contributed by atoms with Gasteiger partial charge < -0.3 is 9.73 Å². The van der Waals surface area contributed by atoms with Crippen LogP contribution in [0.1, 0.15) is 27.2 Å². The van der Waals surface area contributed by atoms with E-state index >= 15 is 0 Å². The van der Waals surface area contributed by atoms with Crippen LogP contribution < -0.4 is 10.6 Å². The molecule has 0 aliphatic carbocycles. The van der Waals surface area contributed by atoms with Crippen LogP contribution in [-0.2, 0) is 9.59 Å². The number of thioether (sulfide) groups is 1. The van der Waals surface area contributed by atoms with Gasteiger partial charge in [0.15, 0.2) is 27.1 Å². The summed E-state index contributed by atoms with van der Waals surface area (Å²) in [6.45, 7) is 5.82. The molecule has 1 aromatic carbocycles. The molecule has 0 spiro atoms. The number of nitrogens with one attached hydrogen (secondary N) is 3. The smallest absolute Gasteiger partial charge is 0.313 e. The Morgan fingerprint density at radius 3 is 2.52 bits per heavy atom. The number of amidine groups is 2. The zero-order chi connectivity index (χ0) is 22.7. The van der Waals surface area contributed by atoms with Crippen molar-refractivity contribution in [3.63, 3.8) is 0 Å². The molecule has 3 amide bonds. The molecule has 0 fully saturated rings. The number of benzene rings is 1. The topological polar surface area (TPSA) is 137 Å². The third-order valence-corrected chi connectivity index (χ3v) is 5.45. The predicted octanol–water partition coefficient (Wildman–Crippen LogP) is 3.38. The van der Waals surface area contributed by atoms with E-state index in [4.69, 9.17) is 9.83 Å². The van der Waals surface area contributed by atoms with Crippen molar-refractivity contribution in [1.82, 2.24) is 5.32 Å².